The summed E-state index contributed by atoms with van der Waals surface area (Å²) >= 11 is 5.28. The van der Waals surface area contributed by atoms with Crippen LogP contribution < -0.4 is 0 Å². The van der Waals surface area contributed by atoms with Crippen LogP contribution >= 0.6 is 12.2 Å². The van der Waals surface area contributed by atoms with Gasteiger partial charge in [-0.25, -0.2) is 13.1 Å². The second-order valence-electron chi connectivity index (χ2n) is 6.16. The lowest BCUT2D eigenvalue weighted by Crippen LogP contribution is -2.37. The fourth-order valence-corrected chi connectivity index (χ4v) is 4.63. The van der Waals surface area contributed by atoms with Gasteiger partial charge in [0.15, 0.2) is 0 Å². The number of hydrogen-bond acceptors (Lipinski definition) is 7. The largest absolute Gasteiger partial charge is 0.409 e. The van der Waals surface area contributed by atoms with Crippen molar-refractivity contribution in [1.29, 1.82) is 0 Å². The molecule has 0 bridgehead atoms. The highest BCUT2D eigenvalue weighted by molar-refractivity contribution is 7.89. The molecule has 0 aliphatic carbocycles. The summed E-state index contributed by atoms with van der Waals surface area (Å²) in [4.78, 5) is 2.65. The van der Waals surface area contributed by atoms with E-state index in [-0.39, 0.29) is 9.73 Å². The Balaban J connectivity index is 1.87. The van der Waals surface area contributed by atoms with Gasteiger partial charge < -0.3 is 9.15 Å². The van der Waals surface area contributed by atoms with E-state index in [9.17, 15) is 8.42 Å². The Labute approximate surface area is 164 Å². The van der Waals surface area contributed by atoms with E-state index in [1.54, 1.807) is 28.9 Å². The molecule has 0 saturated carbocycles. The maximum absolute atomic E-state index is 12.7. The summed E-state index contributed by atoms with van der Waals surface area (Å²) in [7, 11) is -3.55. The van der Waals surface area contributed by atoms with Gasteiger partial charge in [-0.1, -0.05) is 19.9 Å². The topological polar surface area (TPSA) is 80.8 Å². The zero-order valence-corrected chi connectivity index (χ0v) is 17.1. The van der Waals surface area contributed by atoms with E-state index in [1.807, 2.05) is 13.8 Å². The number of nitrogens with zero attached hydrogens (tertiary/aromatic N) is 4. The first kappa shape index (κ1) is 20.2. The lowest BCUT2D eigenvalue weighted by atomic mass is 10.2. The number of morpholine rings is 1. The van der Waals surface area contributed by atoms with E-state index >= 15 is 0 Å². The van der Waals surface area contributed by atoms with Gasteiger partial charge >= 0.3 is 0 Å². The second-order valence-corrected chi connectivity index (χ2v) is 8.45. The SMILES string of the molecule is CCN(CC)S(=O)(=O)c1cccc(-c2nn(CN3CCOCC3)c(=S)o2)c1. The van der Waals surface area contributed by atoms with E-state index in [0.717, 1.165) is 13.1 Å². The zero-order chi connectivity index (χ0) is 19.4. The van der Waals surface area contributed by atoms with Crippen LogP contribution in [0.2, 0.25) is 0 Å². The highest BCUT2D eigenvalue weighted by Crippen LogP contribution is 2.23. The minimum atomic E-state index is -3.55. The molecule has 0 radical (unpaired) electrons. The van der Waals surface area contributed by atoms with Crippen LogP contribution in [0, 0.1) is 4.84 Å². The third-order valence-electron chi connectivity index (χ3n) is 4.47. The van der Waals surface area contributed by atoms with Crippen LogP contribution in [-0.4, -0.2) is 66.8 Å². The molecule has 1 aromatic heterocycles. The molecule has 2 aromatic rings. The predicted molar refractivity (Wildman–Crippen MR) is 103 cm³/mol. The van der Waals surface area contributed by atoms with Crippen molar-refractivity contribution in [3.8, 4) is 11.5 Å². The maximum atomic E-state index is 12.7. The summed E-state index contributed by atoms with van der Waals surface area (Å²) in [6.07, 6.45) is 0. The van der Waals surface area contributed by atoms with Gasteiger partial charge in [-0.05, 0) is 30.4 Å². The van der Waals surface area contributed by atoms with Gasteiger partial charge in [-0.15, -0.1) is 5.10 Å². The Morgan fingerprint density at radius 2 is 1.93 bits per heavy atom. The molecule has 8 nitrogen and oxygen atoms in total. The van der Waals surface area contributed by atoms with Gasteiger partial charge in [0.2, 0.25) is 15.9 Å². The van der Waals surface area contributed by atoms with Crippen LogP contribution in [0.15, 0.2) is 33.6 Å². The molecule has 10 heteroatoms. The van der Waals surface area contributed by atoms with Crippen LogP contribution in [-0.2, 0) is 21.4 Å². The fraction of sp³-hybridized carbons (Fsp3) is 0.529. The average Bonchev–Trinajstić information content (AvgIpc) is 3.04. The van der Waals surface area contributed by atoms with Gasteiger partial charge in [0.05, 0.1) is 24.8 Å². The van der Waals surface area contributed by atoms with E-state index in [2.05, 4.69) is 10.00 Å². The van der Waals surface area contributed by atoms with Crippen molar-refractivity contribution in [2.45, 2.75) is 25.4 Å². The molecule has 27 heavy (non-hydrogen) atoms. The first-order chi connectivity index (χ1) is 13.0. The molecule has 148 valence electrons. The Hall–Kier alpha value is -1.59. The first-order valence-corrected chi connectivity index (χ1v) is 10.8. The third kappa shape index (κ3) is 4.46. The standard InChI is InChI=1S/C17H24N4O4S2/c1-3-20(4-2)27(22,23)15-7-5-6-14(12-15)16-18-21(17(26)25-16)13-19-8-10-24-11-9-19/h5-7,12H,3-4,8-11,13H2,1-2H3. The molecule has 2 heterocycles. The quantitative estimate of drug-likeness (QED) is 0.645. The molecule has 0 atom stereocenters. The van der Waals surface area contributed by atoms with Crippen molar-refractivity contribution in [2.24, 2.45) is 0 Å². The molecule has 0 amide bonds. The van der Waals surface area contributed by atoms with Crippen LogP contribution in [0.25, 0.3) is 11.5 Å². The van der Waals surface area contributed by atoms with Crippen LogP contribution in [0.4, 0.5) is 0 Å². The summed E-state index contributed by atoms with van der Waals surface area (Å²) in [6, 6.07) is 6.61. The molecule has 3 rings (SSSR count). The number of aromatic nitrogens is 2. The Kier molecular flexibility index (Phi) is 6.43. The summed E-state index contributed by atoms with van der Waals surface area (Å²) < 4.78 is 39.5. The van der Waals surface area contributed by atoms with Crippen LogP contribution in [0.5, 0.6) is 0 Å². The van der Waals surface area contributed by atoms with E-state index < -0.39 is 10.0 Å². The minimum absolute atomic E-state index is 0.215. The molecular weight excluding hydrogens is 388 g/mol. The highest BCUT2D eigenvalue weighted by atomic mass is 32.2. The summed E-state index contributed by atoms with van der Waals surface area (Å²) in [5.74, 6) is 0.310. The highest BCUT2D eigenvalue weighted by Gasteiger charge is 2.22. The number of rotatable bonds is 7. The van der Waals surface area contributed by atoms with Crippen LogP contribution in [0.3, 0.4) is 0 Å². The lowest BCUT2D eigenvalue weighted by molar-refractivity contribution is 0.0206. The van der Waals surface area contributed by atoms with E-state index in [4.69, 9.17) is 21.4 Å². The first-order valence-electron chi connectivity index (χ1n) is 8.94. The predicted octanol–water partition coefficient (Wildman–Crippen LogP) is 2.19. The van der Waals surface area contributed by atoms with Crippen molar-refractivity contribution < 1.29 is 17.6 Å². The number of ether oxygens (including phenoxy) is 1. The Morgan fingerprint density at radius 1 is 1.22 bits per heavy atom. The van der Waals surface area contributed by atoms with Crippen molar-refractivity contribution in [1.82, 2.24) is 19.0 Å². The van der Waals surface area contributed by atoms with Crippen molar-refractivity contribution >= 4 is 22.2 Å². The van der Waals surface area contributed by atoms with Crippen molar-refractivity contribution in [2.75, 3.05) is 39.4 Å². The Bertz CT molecular complexity index is 928. The second kappa shape index (κ2) is 8.61. The summed E-state index contributed by atoms with van der Waals surface area (Å²) in [5, 5.41) is 4.44. The maximum Gasteiger partial charge on any atom is 0.288 e. The van der Waals surface area contributed by atoms with Gasteiger partial charge in [-0.2, -0.15) is 4.31 Å². The normalized spacial score (nSPS) is 16.1. The summed E-state index contributed by atoms with van der Waals surface area (Å²) in [5.41, 5.74) is 0.579. The average molecular weight is 413 g/mol. The number of sulfonamides is 1. The van der Waals surface area contributed by atoms with Crippen molar-refractivity contribution in [3.63, 3.8) is 0 Å². The number of hydrogen-bond donors (Lipinski definition) is 0. The monoisotopic (exact) mass is 412 g/mol. The Morgan fingerprint density at radius 3 is 2.59 bits per heavy atom. The smallest absolute Gasteiger partial charge is 0.288 e. The summed E-state index contributed by atoms with van der Waals surface area (Å²) in [6.45, 7) is 7.96. The van der Waals surface area contributed by atoms with Crippen LogP contribution in [0.1, 0.15) is 13.8 Å². The van der Waals surface area contributed by atoms with E-state index in [0.29, 0.717) is 44.4 Å². The minimum Gasteiger partial charge on any atom is -0.409 e. The molecule has 0 spiro atoms. The molecule has 0 unspecified atom stereocenters. The fourth-order valence-electron chi connectivity index (χ4n) is 2.95. The third-order valence-corrected chi connectivity index (χ3v) is 6.81. The molecular formula is C17H24N4O4S2. The molecule has 1 fully saturated rings. The molecule has 1 aromatic carbocycles. The molecule has 1 aliphatic rings. The lowest BCUT2D eigenvalue weighted by Gasteiger charge is -2.25. The molecule has 0 N–H and O–H groups in total. The molecule has 1 saturated heterocycles. The van der Waals surface area contributed by atoms with E-state index in [1.165, 1.54) is 4.31 Å². The van der Waals surface area contributed by atoms with Gasteiger partial charge in [0.25, 0.3) is 4.84 Å². The number of benzene rings is 1. The van der Waals surface area contributed by atoms with Crippen molar-refractivity contribution in [3.05, 3.63) is 29.1 Å². The van der Waals surface area contributed by atoms with Gasteiger partial charge in [0.1, 0.15) is 0 Å². The van der Waals surface area contributed by atoms with Gasteiger partial charge in [0, 0.05) is 31.7 Å². The zero-order valence-electron chi connectivity index (χ0n) is 15.5. The van der Waals surface area contributed by atoms with Gasteiger partial charge in [-0.3, -0.25) is 4.90 Å². The molecule has 1 aliphatic heterocycles.